The molecule has 0 saturated carbocycles. The molecule has 0 atom stereocenters. The van der Waals surface area contributed by atoms with Gasteiger partial charge in [0.05, 0.1) is 11.9 Å². The lowest BCUT2D eigenvalue weighted by Crippen LogP contribution is -2.40. The second-order valence-corrected chi connectivity index (χ2v) is 7.33. The predicted molar refractivity (Wildman–Crippen MR) is 91.6 cm³/mol. The third-order valence-corrected chi connectivity index (χ3v) is 4.63. The first-order chi connectivity index (χ1) is 11.3. The van der Waals surface area contributed by atoms with Crippen molar-refractivity contribution in [2.75, 3.05) is 17.1 Å². The Kier molecular flexibility index (Phi) is 5.56. The Balaban J connectivity index is 2.12. The van der Waals surface area contributed by atoms with Crippen LogP contribution in [0.1, 0.15) is 11.1 Å². The van der Waals surface area contributed by atoms with Crippen molar-refractivity contribution in [3.05, 3.63) is 65.5 Å². The number of sulfonamides is 1. The molecule has 0 aliphatic heterocycles. The van der Waals surface area contributed by atoms with Crippen molar-refractivity contribution in [1.82, 2.24) is 5.32 Å². The molecule has 128 valence electrons. The Labute approximate surface area is 141 Å². The molecule has 0 heterocycles. The van der Waals surface area contributed by atoms with Crippen molar-refractivity contribution in [1.29, 1.82) is 0 Å². The van der Waals surface area contributed by atoms with Crippen LogP contribution in [0.15, 0.2) is 48.5 Å². The van der Waals surface area contributed by atoms with E-state index in [2.05, 4.69) is 5.32 Å². The van der Waals surface area contributed by atoms with Crippen molar-refractivity contribution in [3.8, 4) is 0 Å². The molecule has 5 nitrogen and oxygen atoms in total. The summed E-state index contributed by atoms with van der Waals surface area (Å²) < 4.78 is 38.7. The van der Waals surface area contributed by atoms with Gasteiger partial charge in [-0.25, -0.2) is 12.8 Å². The summed E-state index contributed by atoms with van der Waals surface area (Å²) in [6.07, 6.45) is 1.05. The highest BCUT2D eigenvalue weighted by atomic mass is 32.2. The Morgan fingerprint density at radius 3 is 2.38 bits per heavy atom. The Morgan fingerprint density at radius 2 is 1.75 bits per heavy atom. The van der Waals surface area contributed by atoms with Crippen LogP contribution >= 0.6 is 0 Å². The molecule has 0 fully saturated rings. The number of nitrogens with one attached hydrogen (secondary N) is 1. The molecule has 24 heavy (non-hydrogen) atoms. The minimum atomic E-state index is -3.63. The zero-order chi connectivity index (χ0) is 17.7. The molecule has 0 unspecified atom stereocenters. The topological polar surface area (TPSA) is 66.5 Å². The fraction of sp³-hybridized carbons (Fsp3) is 0.235. The van der Waals surface area contributed by atoms with Gasteiger partial charge in [0.2, 0.25) is 15.9 Å². The molecule has 0 aliphatic carbocycles. The Morgan fingerprint density at radius 1 is 1.12 bits per heavy atom. The van der Waals surface area contributed by atoms with Crippen LogP contribution < -0.4 is 9.62 Å². The summed E-state index contributed by atoms with van der Waals surface area (Å²) in [6, 6.07) is 13.0. The summed E-state index contributed by atoms with van der Waals surface area (Å²) >= 11 is 0. The SMILES string of the molecule is Cc1ccccc1N(CC(=O)NCc1ccccc1F)S(C)(=O)=O. The molecule has 0 bridgehead atoms. The fourth-order valence-corrected chi connectivity index (χ4v) is 3.16. The Hall–Kier alpha value is -2.41. The average molecular weight is 350 g/mol. The van der Waals surface area contributed by atoms with Gasteiger partial charge in [0, 0.05) is 12.1 Å². The van der Waals surface area contributed by atoms with Crippen LogP contribution in [0.25, 0.3) is 0 Å². The quantitative estimate of drug-likeness (QED) is 0.869. The first-order valence-electron chi connectivity index (χ1n) is 7.32. The summed E-state index contributed by atoms with van der Waals surface area (Å²) in [7, 11) is -3.63. The number of amides is 1. The molecule has 0 aliphatic rings. The lowest BCUT2D eigenvalue weighted by atomic mass is 10.2. The van der Waals surface area contributed by atoms with Crippen LogP contribution in [-0.4, -0.2) is 27.1 Å². The van der Waals surface area contributed by atoms with Crippen LogP contribution in [-0.2, 0) is 21.4 Å². The van der Waals surface area contributed by atoms with E-state index in [1.54, 1.807) is 49.4 Å². The van der Waals surface area contributed by atoms with Gasteiger partial charge in [-0.05, 0) is 24.6 Å². The predicted octanol–water partition coefficient (Wildman–Crippen LogP) is 2.22. The smallest absolute Gasteiger partial charge is 0.241 e. The van der Waals surface area contributed by atoms with Gasteiger partial charge in [-0.2, -0.15) is 0 Å². The monoisotopic (exact) mass is 350 g/mol. The first-order valence-corrected chi connectivity index (χ1v) is 9.17. The number of hydrogen-bond donors (Lipinski definition) is 1. The Bertz CT molecular complexity index is 837. The number of anilines is 1. The largest absolute Gasteiger partial charge is 0.350 e. The van der Waals surface area contributed by atoms with Crippen LogP contribution in [0.2, 0.25) is 0 Å². The number of aryl methyl sites for hydroxylation is 1. The summed E-state index contributed by atoms with van der Waals surface area (Å²) in [6.45, 7) is 1.40. The molecule has 2 aromatic rings. The molecule has 1 N–H and O–H groups in total. The van der Waals surface area contributed by atoms with Gasteiger partial charge in [-0.3, -0.25) is 9.10 Å². The van der Waals surface area contributed by atoms with Gasteiger partial charge in [0.1, 0.15) is 12.4 Å². The third-order valence-electron chi connectivity index (χ3n) is 3.51. The molecule has 0 spiro atoms. The minimum absolute atomic E-state index is 0.00309. The number of para-hydroxylation sites is 1. The van der Waals surface area contributed by atoms with Crippen molar-refractivity contribution >= 4 is 21.6 Å². The highest BCUT2D eigenvalue weighted by Crippen LogP contribution is 2.21. The van der Waals surface area contributed by atoms with Crippen LogP contribution in [0.4, 0.5) is 10.1 Å². The molecule has 2 rings (SSSR count). The summed E-state index contributed by atoms with van der Waals surface area (Å²) in [4.78, 5) is 12.1. The molecule has 0 radical (unpaired) electrons. The van der Waals surface area contributed by atoms with Crippen molar-refractivity contribution in [2.24, 2.45) is 0 Å². The van der Waals surface area contributed by atoms with E-state index in [1.807, 2.05) is 0 Å². The fourth-order valence-electron chi connectivity index (χ4n) is 2.25. The first kappa shape index (κ1) is 17.9. The van der Waals surface area contributed by atoms with E-state index in [1.165, 1.54) is 6.07 Å². The molecular weight excluding hydrogens is 331 g/mol. The zero-order valence-electron chi connectivity index (χ0n) is 13.5. The van der Waals surface area contributed by atoms with E-state index in [9.17, 15) is 17.6 Å². The third kappa shape index (κ3) is 4.55. The number of carbonyl (C=O) groups is 1. The summed E-state index contributed by atoms with van der Waals surface area (Å²) in [5.41, 5.74) is 1.53. The highest BCUT2D eigenvalue weighted by molar-refractivity contribution is 7.92. The van der Waals surface area contributed by atoms with Gasteiger partial charge in [0.15, 0.2) is 0 Å². The van der Waals surface area contributed by atoms with Gasteiger partial charge in [-0.15, -0.1) is 0 Å². The van der Waals surface area contributed by atoms with E-state index in [-0.39, 0.29) is 13.1 Å². The second kappa shape index (κ2) is 7.44. The summed E-state index contributed by atoms with van der Waals surface area (Å²) in [5.74, 6) is -0.927. The van der Waals surface area contributed by atoms with Gasteiger partial charge in [0.25, 0.3) is 0 Å². The average Bonchev–Trinajstić information content (AvgIpc) is 2.52. The maximum Gasteiger partial charge on any atom is 0.241 e. The number of carbonyl (C=O) groups excluding carboxylic acids is 1. The van der Waals surface area contributed by atoms with Crippen molar-refractivity contribution in [3.63, 3.8) is 0 Å². The van der Waals surface area contributed by atoms with E-state index >= 15 is 0 Å². The lowest BCUT2D eigenvalue weighted by Gasteiger charge is -2.23. The highest BCUT2D eigenvalue weighted by Gasteiger charge is 2.22. The molecule has 1 amide bonds. The number of rotatable bonds is 6. The molecule has 0 aromatic heterocycles. The van der Waals surface area contributed by atoms with Crippen LogP contribution in [0, 0.1) is 12.7 Å². The van der Waals surface area contributed by atoms with E-state index < -0.39 is 21.7 Å². The zero-order valence-corrected chi connectivity index (χ0v) is 14.3. The van der Waals surface area contributed by atoms with E-state index in [4.69, 9.17) is 0 Å². The maximum absolute atomic E-state index is 13.6. The van der Waals surface area contributed by atoms with Crippen molar-refractivity contribution < 1.29 is 17.6 Å². The second-order valence-electron chi connectivity index (χ2n) is 5.42. The van der Waals surface area contributed by atoms with E-state index in [0.29, 0.717) is 11.3 Å². The lowest BCUT2D eigenvalue weighted by molar-refractivity contribution is -0.119. The number of halogens is 1. The maximum atomic E-state index is 13.6. The van der Waals surface area contributed by atoms with Gasteiger partial charge in [-0.1, -0.05) is 36.4 Å². The van der Waals surface area contributed by atoms with Gasteiger partial charge >= 0.3 is 0 Å². The van der Waals surface area contributed by atoms with Crippen molar-refractivity contribution in [2.45, 2.75) is 13.5 Å². The van der Waals surface area contributed by atoms with E-state index in [0.717, 1.165) is 16.1 Å². The molecule has 7 heteroatoms. The number of benzene rings is 2. The van der Waals surface area contributed by atoms with Crippen LogP contribution in [0.5, 0.6) is 0 Å². The standard InChI is InChI=1S/C17H19FN2O3S/c1-13-7-3-6-10-16(13)20(24(2,22)23)12-17(21)19-11-14-8-4-5-9-15(14)18/h3-10H,11-12H2,1-2H3,(H,19,21). The van der Waals surface area contributed by atoms with Gasteiger partial charge < -0.3 is 5.32 Å². The number of hydrogen-bond acceptors (Lipinski definition) is 3. The van der Waals surface area contributed by atoms with Crippen LogP contribution in [0.3, 0.4) is 0 Å². The molecule has 2 aromatic carbocycles. The number of nitrogens with zero attached hydrogens (tertiary/aromatic N) is 1. The summed E-state index contributed by atoms with van der Waals surface area (Å²) in [5, 5.41) is 2.55. The molecule has 0 saturated heterocycles. The normalized spacial score (nSPS) is 11.1. The molecular formula is C17H19FN2O3S. The minimum Gasteiger partial charge on any atom is -0.350 e.